The first-order valence-electron chi connectivity index (χ1n) is 7.67. The summed E-state index contributed by atoms with van der Waals surface area (Å²) >= 11 is 0. The molecule has 2 aliphatic heterocycles. The van der Waals surface area contributed by atoms with Crippen LogP contribution >= 0.6 is 0 Å². The van der Waals surface area contributed by atoms with Gasteiger partial charge in [0.2, 0.25) is 0 Å². The number of hydrogen-bond donors (Lipinski definition) is 1. The van der Waals surface area contributed by atoms with Crippen molar-refractivity contribution in [1.29, 1.82) is 0 Å². The Morgan fingerprint density at radius 1 is 1.10 bits per heavy atom. The molecule has 21 heavy (non-hydrogen) atoms. The van der Waals surface area contributed by atoms with E-state index in [0.29, 0.717) is 6.61 Å². The zero-order valence-corrected chi connectivity index (χ0v) is 12.8. The Bertz CT molecular complexity index is 598. The van der Waals surface area contributed by atoms with Gasteiger partial charge in [-0.05, 0) is 25.0 Å². The normalized spacial score (nSPS) is 43.8. The molecule has 1 aromatic rings. The van der Waals surface area contributed by atoms with E-state index in [1.165, 1.54) is 6.42 Å². The molecule has 0 bridgehead atoms. The summed E-state index contributed by atoms with van der Waals surface area (Å²) in [6.45, 7) is 7.32. The molecule has 3 aliphatic rings. The van der Waals surface area contributed by atoms with E-state index < -0.39 is 11.4 Å². The monoisotopic (exact) mass is 290 g/mol. The molecular formula is C17H22O4. The predicted molar refractivity (Wildman–Crippen MR) is 76.4 cm³/mol. The summed E-state index contributed by atoms with van der Waals surface area (Å²) in [5.74, 6) is -0.678. The lowest BCUT2D eigenvalue weighted by Crippen LogP contribution is -2.75. The van der Waals surface area contributed by atoms with Crippen molar-refractivity contribution in [2.24, 2.45) is 10.8 Å². The van der Waals surface area contributed by atoms with Crippen LogP contribution in [0.1, 0.15) is 45.6 Å². The second-order valence-electron chi connectivity index (χ2n) is 7.60. The van der Waals surface area contributed by atoms with Crippen molar-refractivity contribution in [1.82, 2.24) is 0 Å². The van der Waals surface area contributed by atoms with E-state index >= 15 is 0 Å². The zero-order valence-electron chi connectivity index (χ0n) is 12.8. The second-order valence-corrected chi connectivity index (χ2v) is 7.60. The number of rotatable bonds is 1. The van der Waals surface area contributed by atoms with Crippen molar-refractivity contribution in [3.05, 3.63) is 29.8 Å². The first-order chi connectivity index (χ1) is 9.87. The molecule has 0 amide bonds. The number of phenols is 1. The summed E-state index contributed by atoms with van der Waals surface area (Å²) in [5, 5.41) is 9.83. The third kappa shape index (κ3) is 1.32. The van der Waals surface area contributed by atoms with Crippen LogP contribution in [0.3, 0.4) is 0 Å². The van der Waals surface area contributed by atoms with Crippen molar-refractivity contribution in [3.8, 4) is 5.75 Å². The van der Waals surface area contributed by atoms with E-state index in [-0.39, 0.29) is 16.6 Å². The van der Waals surface area contributed by atoms with Crippen LogP contribution in [0.25, 0.3) is 0 Å². The molecule has 0 unspecified atom stereocenters. The molecule has 3 atom stereocenters. The van der Waals surface area contributed by atoms with Crippen molar-refractivity contribution in [2.45, 2.75) is 51.4 Å². The molecular weight excluding hydrogens is 268 g/mol. The molecule has 1 saturated carbocycles. The van der Waals surface area contributed by atoms with Gasteiger partial charge in [-0.1, -0.05) is 39.3 Å². The van der Waals surface area contributed by atoms with Gasteiger partial charge in [0, 0.05) is 16.4 Å². The Hall–Kier alpha value is -1.10. The van der Waals surface area contributed by atoms with Crippen LogP contribution in [-0.2, 0) is 20.3 Å². The van der Waals surface area contributed by atoms with Gasteiger partial charge < -0.3 is 9.84 Å². The average molecular weight is 290 g/mol. The van der Waals surface area contributed by atoms with Crippen molar-refractivity contribution in [3.63, 3.8) is 0 Å². The van der Waals surface area contributed by atoms with Gasteiger partial charge in [-0.15, -0.1) is 0 Å². The smallest absolute Gasteiger partial charge is 0.261 e. The highest BCUT2D eigenvalue weighted by Crippen LogP contribution is 2.73. The van der Waals surface area contributed by atoms with E-state index in [9.17, 15) is 5.11 Å². The Balaban J connectivity index is 1.91. The van der Waals surface area contributed by atoms with Crippen LogP contribution in [0.4, 0.5) is 0 Å². The Kier molecular flexibility index (Phi) is 2.46. The van der Waals surface area contributed by atoms with E-state index in [2.05, 4.69) is 20.8 Å². The molecule has 1 spiro atoms. The maximum atomic E-state index is 9.83. The highest BCUT2D eigenvalue weighted by atomic mass is 17.3. The Labute approximate surface area is 124 Å². The zero-order chi connectivity index (χ0) is 14.9. The molecule has 4 heteroatoms. The number of benzene rings is 1. The topological polar surface area (TPSA) is 47.9 Å². The highest BCUT2D eigenvalue weighted by molar-refractivity contribution is 5.37. The highest BCUT2D eigenvalue weighted by Gasteiger charge is 2.83. The summed E-state index contributed by atoms with van der Waals surface area (Å²) in [6.07, 6.45) is 3.32. The fraction of sp³-hybridized carbons (Fsp3) is 0.647. The maximum Gasteiger partial charge on any atom is 0.261 e. The third-order valence-corrected chi connectivity index (χ3v) is 5.90. The van der Waals surface area contributed by atoms with Crippen LogP contribution in [0.2, 0.25) is 0 Å². The number of aromatic hydroxyl groups is 1. The second kappa shape index (κ2) is 3.80. The Morgan fingerprint density at radius 3 is 2.57 bits per heavy atom. The minimum absolute atomic E-state index is 0.0553. The van der Waals surface area contributed by atoms with E-state index in [4.69, 9.17) is 14.5 Å². The fourth-order valence-corrected chi connectivity index (χ4v) is 4.95. The van der Waals surface area contributed by atoms with Gasteiger partial charge in [0.15, 0.2) is 5.60 Å². The number of ether oxygens (including phenoxy) is 1. The van der Waals surface area contributed by atoms with Crippen LogP contribution < -0.4 is 0 Å². The average Bonchev–Trinajstić information content (AvgIpc) is 2.55. The quantitative estimate of drug-likeness (QED) is 0.804. The third-order valence-electron chi connectivity index (χ3n) is 5.90. The van der Waals surface area contributed by atoms with E-state index in [1.54, 1.807) is 12.1 Å². The molecule has 1 N–H and O–H groups in total. The van der Waals surface area contributed by atoms with Gasteiger partial charge >= 0.3 is 0 Å². The summed E-state index contributed by atoms with van der Waals surface area (Å²) in [4.78, 5) is 11.5. The van der Waals surface area contributed by atoms with Gasteiger partial charge in [-0.2, -0.15) is 4.89 Å². The van der Waals surface area contributed by atoms with Gasteiger partial charge in [-0.25, -0.2) is 4.89 Å². The summed E-state index contributed by atoms with van der Waals surface area (Å²) < 4.78 is 6.20. The molecule has 1 aromatic carbocycles. The van der Waals surface area contributed by atoms with Gasteiger partial charge in [-0.3, -0.25) is 0 Å². The predicted octanol–water partition coefficient (Wildman–Crippen LogP) is 3.49. The van der Waals surface area contributed by atoms with E-state index in [0.717, 1.165) is 18.4 Å². The minimum Gasteiger partial charge on any atom is -0.508 e. The molecule has 2 heterocycles. The van der Waals surface area contributed by atoms with E-state index in [1.807, 2.05) is 12.1 Å². The number of hydrogen-bond acceptors (Lipinski definition) is 4. The summed E-state index contributed by atoms with van der Waals surface area (Å²) in [7, 11) is 0. The van der Waals surface area contributed by atoms with Gasteiger partial charge in [0.1, 0.15) is 5.75 Å². The van der Waals surface area contributed by atoms with Crippen molar-refractivity contribution < 1.29 is 19.6 Å². The standard InChI is InChI=1S/C17H22O4/c1-14(2)8-5-9-15(3)11-19-16(17(14,15)21-20-16)12-6-4-7-13(18)10-12/h4,6-7,10,18H,5,8-9,11H2,1-3H3/t15-,16-,17-/m0/s1. The van der Waals surface area contributed by atoms with Crippen molar-refractivity contribution >= 4 is 0 Å². The fourth-order valence-electron chi connectivity index (χ4n) is 4.95. The molecule has 4 rings (SSSR count). The number of phenolic OH excluding ortho intramolecular Hbond substituents is 1. The SMILES string of the molecule is CC1(C)CCC[C@@]2(C)CO[C@@]3(c4cccc(O)c4)OO[C@@]123. The Morgan fingerprint density at radius 2 is 1.90 bits per heavy atom. The molecule has 2 saturated heterocycles. The van der Waals surface area contributed by atoms with Crippen molar-refractivity contribution in [2.75, 3.05) is 6.61 Å². The lowest BCUT2D eigenvalue weighted by atomic mass is 9.50. The summed E-state index contributed by atoms with van der Waals surface area (Å²) in [6, 6.07) is 7.15. The van der Waals surface area contributed by atoms with Crippen LogP contribution in [0.5, 0.6) is 5.75 Å². The molecule has 0 aromatic heterocycles. The lowest BCUT2D eigenvalue weighted by molar-refractivity contribution is -0.630. The summed E-state index contributed by atoms with van der Waals surface area (Å²) in [5.41, 5.74) is 0.213. The molecule has 4 nitrogen and oxygen atoms in total. The van der Waals surface area contributed by atoms with Gasteiger partial charge in [0.05, 0.1) is 6.61 Å². The molecule has 114 valence electrons. The maximum absolute atomic E-state index is 9.83. The van der Waals surface area contributed by atoms with Crippen LogP contribution in [-0.4, -0.2) is 17.3 Å². The van der Waals surface area contributed by atoms with Crippen LogP contribution in [0, 0.1) is 10.8 Å². The molecule has 1 aliphatic carbocycles. The lowest BCUT2D eigenvalue weighted by Gasteiger charge is -2.64. The largest absolute Gasteiger partial charge is 0.508 e. The first-order valence-corrected chi connectivity index (χ1v) is 7.67. The first kappa shape index (κ1) is 13.6. The minimum atomic E-state index is -0.898. The molecule has 3 fully saturated rings. The van der Waals surface area contributed by atoms with Gasteiger partial charge in [0.25, 0.3) is 5.79 Å². The molecule has 0 radical (unpaired) electrons. The van der Waals surface area contributed by atoms with Crippen LogP contribution in [0.15, 0.2) is 24.3 Å².